The van der Waals surface area contributed by atoms with Crippen molar-refractivity contribution in [3.63, 3.8) is 0 Å². The number of nitrogens with one attached hydrogen (secondary N) is 1. The Kier molecular flexibility index (Phi) is 4.02. The fourth-order valence-electron chi connectivity index (χ4n) is 1.90. The van der Waals surface area contributed by atoms with Crippen molar-refractivity contribution < 1.29 is 4.74 Å². The highest BCUT2D eigenvalue weighted by atomic mass is 35.5. The third-order valence-electron chi connectivity index (χ3n) is 2.81. The van der Waals surface area contributed by atoms with Gasteiger partial charge >= 0.3 is 0 Å². The minimum atomic E-state index is 0.544. The van der Waals surface area contributed by atoms with Crippen molar-refractivity contribution in [2.75, 3.05) is 25.1 Å². The second-order valence-corrected chi connectivity index (χ2v) is 4.67. The first-order valence-electron chi connectivity index (χ1n) is 5.69. The zero-order chi connectivity index (χ0) is 11.4. The lowest BCUT2D eigenvalue weighted by Crippen LogP contribution is -2.24. The lowest BCUT2D eigenvalue weighted by atomic mass is 10.0. The molecule has 1 aromatic rings. The number of hydrogen-bond donors (Lipinski definition) is 1. The summed E-state index contributed by atoms with van der Waals surface area (Å²) in [5.41, 5.74) is 2.04. The zero-order valence-electron chi connectivity index (χ0n) is 9.50. The van der Waals surface area contributed by atoms with Gasteiger partial charge in [-0.2, -0.15) is 0 Å². The summed E-state index contributed by atoms with van der Waals surface area (Å²) in [5, 5.41) is 3.89. The van der Waals surface area contributed by atoms with Crippen molar-refractivity contribution in [1.82, 2.24) is 4.98 Å². The largest absolute Gasteiger partial charge is 0.382 e. The number of nitrogens with zero attached hydrogens (tertiary/aromatic N) is 1. The molecule has 0 radical (unpaired) electrons. The fourth-order valence-corrected chi connectivity index (χ4v) is 2.07. The molecular weight excluding hydrogens is 224 g/mol. The van der Waals surface area contributed by atoms with Crippen LogP contribution in [0.4, 0.5) is 5.69 Å². The van der Waals surface area contributed by atoms with Gasteiger partial charge in [0.25, 0.3) is 0 Å². The van der Waals surface area contributed by atoms with Crippen LogP contribution in [0.1, 0.15) is 18.4 Å². The number of ether oxygens (including phenoxy) is 1. The smallest absolute Gasteiger partial charge is 0.152 e. The summed E-state index contributed by atoms with van der Waals surface area (Å²) < 4.78 is 5.44. The Labute approximate surface area is 101 Å². The van der Waals surface area contributed by atoms with Crippen LogP contribution in [0.2, 0.25) is 5.15 Å². The SMILES string of the molecule is Cc1cnc(Cl)c(NCC2CCCOC2)c1. The molecule has 16 heavy (non-hydrogen) atoms. The van der Waals surface area contributed by atoms with Gasteiger partial charge in [0.1, 0.15) is 0 Å². The Morgan fingerprint density at radius 3 is 3.25 bits per heavy atom. The van der Waals surface area contributed by atoms with Gasteiger partial charge in [-0.1, -0.05) is 11.6 Å². The van der Waals surface area contributed by atoms with Crippen LogP contribution in [0.5, 0.6) is 0 Å². The molecule has 0 aromatic carbocycles. The molecule has 2 rings (SSSR count). The Balaban J connectivity index is 1.90. The maximum absolute atomic E-state index is 6.01. The van der Waals surface area contributed by atoms with Crippen LogP contribution >= 0.6 is 11.6 Å². The molecule has 1 aromatic heterocycles. The number of pyridine rings is 1. The third-order valence-corrected chi connectivity index (χ3v) is 3.11. The number of hydrogen-bond acceptors (Lipinski definition) is 3. The average molecular weight is 241 g/mol. The van der Waals surface area contributed by atoms with Crippen LogP contribution in [-0.2, 0) is 4.74 Å². The van der Waals surface area contributed by atoms with Gasteiger partial charge in [-0.05, 0) is 37.3 Å². The van der Waals surface area contributed by atoms with Crippen molar-refractivity contribution in [3.8, 4) is 0 Å². The predicted octanol–water partition coefficient (Wildman–Crippen LogP) is 2.88. The Morgan fingerprint density at radius 2 is 2.50 bits per heavy atom. The zero-order valence-corrected chi connectivity index (χ0v) is 10.3. The molecular formula is C12H17ClN2O. The average Bonchev–Trinajstić information content (AvgIpc) is 2.32. The van der Waals surface area contributed by atoms with Gasteiger partial charge in [0.05, 0.1) is 12.3 Å². The number of halogens is 1. The Morgan fingerprint density at radius 1 is 1.62 bits per heavy atom. The second-order valence-electron chi connectivity index (χ2n) is 4.32. The Bertz CT molecular complexity index is 351. The van der Waals surface area contributed by atoms with Gasteiger partial charge in [-0.3, -0.25) is 0 Å². The van der Waals surface area contributed by atoms with E-state index in [0.29, 0.717) is 11.1 Å². The molecule has 0 amide bonds. The first-order chi connectivity index (χ1) is 7.75. The second kappa shape index (κ2) is 5.51. The van der Waals surface area contributed by atoms with E-state index in [4.69, 9.17) is 16.3 Å². The molecule has 0 aliphatic carbocycles. The maximum atomic E-state index is 6.01. The first-order valence-corrected chi connectivity index (χ1v) is 6.07. The van der Waals surface area contributed by atoms with E-state index in [9.17, 15) is 0 Å². The molecule has 88 valence electrons. The number of rotatable bonds is 3. The normalized spacial score (nSPS) is 20.8. The fraction of sp³-hybridized carbons (Fsp3) is 0.583. The molecule has 4 heteroatoms. The van der Waals surface area contributed by atoms with Crippen LogP contribution in [-0.4, -0.2) is 24.7 Å². The molecule has 1 atom stereocenters. The third kappa shape index (κ3) is 3.09. The van der Waals surface area contributed by atoms with Gasteiger partial charge in [-0.25, -0.2) is 4.98 Å². The van der Waals surface area contributed by atoms with Crippen molar-refractivity contribution in [3.05, 3.63) is 23.0 Å². The van der Waals surface area contributed by atoms with Crippen LogP contribution < -0.4 is 5.32 Å². The molecule has 0 spiro atoms. The number of aryl methyl sites for hydroxylation is 1. The summed E-state index contributed by atoms with van der Waals surface area (Å²) in [6.45, 7) is 4.68. The van der Waals surface area contributed by atoms with E-state index >= 15 is 0 Å². The molecule has 1 fully saturated rings. The van der Waals surface area contributed by atoms with Gasteiger partial charge < -0.3 is 10.1 Å². The monoisotopic (exact) mass is 240 g/mol. The van der Waals surface area contributed by atoms with Crippen molar-refractivity contribution in [2.45, 2.75) is 19.8 Å². The standard InChI is InChI=1S/C12H17ClN2O/c1-9-5-11(12(13)15-6-9)14-7-10-3-2-4-16-8-10/h5-6,10,14H,2-4,7-8H2,1H3. The Hall–Kier alpha value is -0.800. The molecule has 1 unspecified atom stereocenters. The van der Waals surface area contributed by atoms with E-state index < -0.39 is 0 Å². The molecule has 0 saturated carbocycles. The molecule has 0 bridgehead atoms. The summed E-state index contributed by atoms with van der Waals surface area (Å²) >= 11 is 6.01. The summed E-state index contributed by atoms with van der Waals surface area (Å²) in [6, 6.07) is 2.03. The van der Waals surface area contributed by atoms with Gasteiger partial charge in [0.2, 0.25) is 0 Å². The molecule has 1 aliphatic rings. The van der Waals surface area contributed by atoms with Gasteiger partial charge in [0, 0.05) is 19.3 Å². The summed E-state index contributed by atoms with van der Waals surface area (Å²) in [6.07, 6.45) is 4.16. The highest BCUT2D eigenvalue weighted by Crippen LogP contribution is 2.21. The van der Waals surface area contributed by atoms with Crippen molar-refractivity contribution in [1.29, 1.82) is 0 Å². The summed E-state index contributed by atoms with van der Waals surface area (Å²) in [4.78, 5) is 4.11. The molecule has 1 N–H and O–H groups in total. The van der Waals surface area contributed by atoms with Crippen LogP contribution in [0.3, 0.4) is 0 Å². The predicted molar refractivity (Wildman–Crippen MR) is 66.0 cm³/mol. The van der Waals surface area contributed by atoms with E-state index in [1.807, 2.05) is 13.0 Å². The number of aromatic nitrogens is 1. The van der Waals surface area contributed by atoms with E-state index in [2.05, 4.69) is 10.3 Å². The minimum absolute atomic E-state index is 0.544. The van der Waals surface area contributed by atoms with E-state index in [1.54, 1.807) is 6.20 Å². The van der Waals surface area contributed by atoms with Gasteiger partial charge in [0.15, 0.2) is 5.15 Å². The molecule has 2 heterocycles. The maximum Gasteiger partial charge on any atom is 0.152 e. The van der Waals surface area contributed by atoms with Gasteiger partial charge in [-0.15, -0.1) is 0 Å². The molecule has 1 saturated heterocycles. The molecule has 1 aliphatic heterocycles. The highest BCUT2D eigenvalue weighted by molar-refractivity contribution is 6.31. The summed E-state index contributed by atoms with van der Waals surface area (Å²) in [5.74, 6) is 0.588. The highest BCUT2D eigenvalue weighted by Gasteiger charge is 2.14. The quantitative estimate of drug-likeness (QED) is 0.825. The lowest BCUT2D eigenvalue weighted by molar-refractivity contribution is 0.0595. The lowest BCUT2D eigenvalue weighted by Gasteiger charge is -2.22. The van der Waals surface area contributed by atoms with E-state index in [1.165, 1.54) is 6.42 Å². The van der Waals surface area contributed by atoms with Crippen molar-refractivity contribution in [2.24, 2.45) is 5.92 Å². The van der Waals surface area contributed by atoms with E-state index in [-0.39, 0.29) is 0 Å². The van der Waals surface area contributed by atoms with E-state index in [0.717, 1.165) is 37.4 Å². The first kappa shape index (κ1) is 11.7. The minimum Gasteiger partial charge on any atom is -0.382 e. The van der Waals surface area contributed by atoms with Crippen LogP contribution in [0.15, 0.2) is 12.3 Å². The topological polar surface area (TPSA) is 34.2 Å². The summed E-state index contributed by atoms with van der Waals surface area (Å²) in [7, 11) is 0. The van der Waals surface area contributed by atoms with Crippen LogP contribution in [0.25, 0.3) is 0 Å². The van der Waals surface area contributed by atoms with Crippen LogP contribution in [0, 0.1) is 12.8 Å². The number of anilines is 1. The van der Waals surface area contributed by atoms with Crippen molar-refractivity contribution >= 4 is 17.3 Å². The molecule has 3 nitrogen and oxygen atoms in total.